The van der Waals surface area contributed by atoms with Crippen LogP contribution in [-0.4, -0.2) is 34.0 Å². The van der Waals surface area contributed by atoms with Gasteiger partial charge in [-0.3, -0.25) is 9.59 Å². The minimum atomic E-state index is -4.82. The monoisotopic (exact) mass is 433 g/mol. The second kappa shape index (κ2) is 9.43. The smallest absolute Gasteiger partial charge is 0.406 e. The number of aliphatic hydroxyl groups is 1. The normalized spacial score (nSPS) is 12.3. The first-order valence-electron chi connectivity index (χ1n) is 9.15. The molecule has 31 heavy (non-hydrogen) atoms. The summed E-state index contributed by atoms with van der Waals surface area (Å²) in [6.45, 7) is -0.523. The third-order valence-corrected chi connectivity index (χ3v) is 4.24. The third kappa shape index (κ3) is 6.41. The standard InChI is InChI=1S/C21H18F3N3O4/c22-21(23,24)31-15-8-6-14(7-9-15)17(12-28)26-20(30)16-11-19(29)27-18(25-16)10-13-4-2-1-3-5-13/h1-9,11,17,28H,10,12H2,(H,26,30)(H,25,27,29). The van der Waals surface area contributed by atoms with E-state index in [1.54, 1.807) is 0 Å². The van der Waals surface area contributed by atoms with E-state index in [1.165, 1.54) is 12.1 Å². The van der Waals surface area contributed by atoms with Crippen LogP contribution in [0.2, 0.25) is 0 Å². The molecule has 2 aromatic carbocycles. The molecule has 3 rings (SSSR count). The molecule has 10 heteroatoms. The molecule has 0 aliphatic carbocycles. The Labute approximate surface area is 174 Å². The van der Waals surface area contributed by atoms with E-state index in [0.717, 1.165) is 23.8 Å². The Morgan fingerprint density at radius 2 is 1.81 bits per heavy atom. The number of halogens is 3. The summed E-state index contributed by atoms with van der Waals surface area (Å²) < 4.78 is 40.6. The number of hydrogen-bond acceptors (Lipinski definition) is 5. The molecule has 1 atom stereocenters. The molecule has 1 amide bonds. The van der Waals surface area contributed by atoms with Gasteiger partial charge in [0.2, 0.25) is 0 Å². The van der Waals surface area contributed by atoms with Crippen LogP contribution < -0.4 is 15.6 Å². The Kier molecular flexibility index (Phi) is 6.71. The van der Waals surface area contributed by atoms with E-state index in [2.05, 4.69) is 20.0 Å². The van der Waals surface area contributed by atoms with E-state index >= 15 is 0 Å². The van der Waals surface area contributed by atoms with Gasteiger partial charge < -0.3 is 20.1 Å². The van der Waals surface area contributed by atoms with E-state index in [4.69, 9.17) is 0 Å². The van der Waals surface area contributed by atoms with Crippen molar-refractivity contribution in [3.8, 4) is 5.75 Å². The van der Waals surface area contributed by atoms with Crippen molar-refractivity contribution in [1.29, 1.82) is 0 Å². The molecule has 0 aliphatic rings. The average Bonchev–Trinajstić information content (AvgIpc) is 2.72. The van der Waals surface area contributed by atoms with Gasteiger partial charge in [-0.2, -0.15) is 0 Å². The molecule has 3 aromatic rings. The second-order valence-electron chi connectivity index (χ2n) is 6.57. The number of rotatable bonds is 7. The Balaban J connectivity index is 1.74. The van der Waals surface area contributed by atoms with Gasteiger partial charge in [0.15, 0.2) is 0 Å². The summed E-state index contributed by atoms with van der Waals surface area (Å²) >= 11 is 0. The van der Waals surface area contributed by atoms with E-state index in [1.807, 2.05) is 30.3 Å². The van der Waals surface area contributed by atoms with Crippen LogP contribution in [0.4, 0.5) is 13.2 Å². The number of alkyl halides is 3. The van der Waals surface area contributed by atoms with Crippen molar-refractivity contribution >= 4 is 5.91 Å². The highest BCUT2D eigenvalue weighted by Gasteiger charge is 2.31. The summed E-state index contributed by atoms with van der Waals surface area (Å²) in [6.07, 6.45) is -4.52. The summed E-state index contributed by atoms with van der Waals surface area (Å²) in [7, 11) is 0. The maximum absolute atomic E-state index is 12.6. The van der Waals surface area contributed by atoms with Gasteiger partial charge in [0.05, 0.1) is 12.6 Å². The van der Waals surface area contributed by atoms with Gasteiger partial charge in [-0.15, -0.1) is 13.2 Å². The number of aromatic nitrogens is 2. The summed E-state index contributed by atoms with van der Waals surface area (Å²) in [4.78, 5) is 31.3. The molecule has 1 heterocycles. The molecule has 0 spiro atoms. The molecule has 3 N–H and O–H groups in total. The van der Waals surface area contributed by atoms with Crippen LogP contribution in [0.15, 0.2) is 65.5 Å². The lowest BCUT2D eigenvalue weighted by Gasteiger charge is -2.17. The Bertz CT molecular complexity index is 1080. The summed E-state index contributed by atoms with van der Waals surface area (Å²) in [5.74, 6) is -0.853. The topological polar surface area (TPSA) is 104 Å². The van der Waals surface area contributed by atoms with Gasteiger partial charge in [0.1, 0.15) is 17.3 Å². The number of H-pyrrole nitrogens is 1. The minimum Gasteiger partial charge on any atom is -0.406 e. The zero-order valence-corrected chi connectivity index (χ0v) is 16.0. The lowest BCUT2D eigenvalue weighted by atomic mass is 10.1. The molecule has 0 bridgehead atoms. The number of nitrogens with one attached hydrogen (secondary N) is 2. The Hall–Kier alpha value is -3.66. The number of ether oxygens (including phenoxy) is 1. The number of amides is 1. The van der Waals surface area contributed by atoms with E-state index in [0.29, 0.717) is 12.0 Å². The van der Waals surface area contributed by atoms with E-state index in [9.17, 15) is 27.9 Å². The summed E-state index contributed by atoms with van der Waals surface area (Å²) in [5, 5.41) is 12.1. The highest BCUT2D eigenvalue weighted by molar-refractivity contribution is 5.92. The quantitative estimate of drug-likeness (QED) is 0.532. The van der Waals surface area contributed by atoms with Gasteiger partial charge in [-0.05, 0) is 23.3 Å². The van der Waals surface area contributed by atoms with Gasteiger partial charge in [0, 0.05) is 12.5 Å². The lowest BCUT2D eigenvalue weighted by Crippen LogP contribution is -2.32. The molecule has 7 nitrogen and oxygen atoms in total. The van der Waals surface area contributed by atoms with Gasteiger partial charge in [-0.25, -0.2) is 4.98 Å². The molecule has 1 unspecified atom stereocenters. The number of carbonyl (C=O) groups excluding carboxylic acids is 1. The molecule has 1 aromatic heterocycles. The summed E-state index contributed by atoms with van der Waals surface area (Å²) in [5.41, 5.74) is 0.572. The molecular weight excluding hydrogens is 415 g/mol. The van der Waals surface area contributed by atoms with Crippen molar-refractivity contribution in [2.24, 2.45) is 0 Å². The van der Waals surface area contributed by atoms with Crippen molar-refractivity contribution in [3.05, 3.63) is 93.7 Å². The van der Waals surface area contributed by atoms with E-state index < -0.39 is 36.2 Å². The predicted molar refractivity (Wildman–Crippen MR) is 105 cm³/mol. The van der Waals surface area contributed by atoms with Crippen molar-refractivity contribution in [1.82, 2.24) is 15.3 Å². The highest BCUT2D eigenvalue weighted by atomic mass is 19.4. The molecule has 0 radical (unpaired) electrons. The first kappa shape index (κ1) is 22.0. The lowest BCUT2D eigenvalue weighted by molar-refractivity contribution is -0.274. The fraction of sp³-hybridized carbons (Fsp3) is 0.190. The van der Waals surface area contributed by atoms with Crippen molar-refractivity contribution in [2.45, 2.75) is 18.8 Å². The van der Waals surface area contributed by atoms with Crippen LogP contribution in [0.3, 0.4) is 0 Å². The number of nitrogens with zero attached hydrogens (tertiary/aromatic N) is 1. The number of carbonyl (C=O) groups is 1. The number of benzene rings is 2. The second-order valence-corrected chi connectivity index (χ2v) is 6.57. The maximum atomic E-state index is 12.6. The molecule has 0 saturated carbocycles. The predicted octanol–water partition coefficient (Wildman–Crippen LogP) is 2.72. The Morgan fingerprint density at radius 3 is 2.42 bits per heavy atom. The van der Waals surface area contributed by atoms with Crippen molar-refractivity contribution in [2.75, 3.05) is 6.61 Å². The average molecular weight is 433 g/mol. The van der Waals surface area contributed by atoms with Crippen LogP contribution >= 0.6 is 0 Å². The zero-order valence-electron chi connectivity index (χ0n) is 16.0. The fourth-order valence-electron chi connectivity index (χ4n) is 2.87. The molecule has 0 fully saturated rings. The number of aromatic amines is 1. The maximum Gasteiger partial charge on any atom is 0.573 e. The Morgan fingerprint density at radius 1 is 1.13 bits per heavy atom. The third-order valence-electron chi connectivity index (χ3n) is 4.24. The summed E-state index contributed by atoms with van der Waals surface area (Å²) in [6, 6.07) is 14.0. The first-order valence-corrected chi connectivity index (χ1v) is 9.15. The fourth-order valence-corrected chi connectivity index (χ4v) is 2.87. The van der Waals surface area contributed by atoms with Crippen LogP contribution in [0.1, 0.15) is 33.5 Å². The van der Waals surface area contributed by atoms with Crippen molar-refractivity contribution < 1.29 is 27.8 Å². The van der Waals surface area contributed by atoms with Gasteiger partial charge >= 0.3 is 6.36 Å². The zero-order chi connectivity index (χ0) is 22.4. The van der Waals surface area contributed by atoms with E-state index in [-0.39, 0.29) is 11.5 Å². The van der Waals surface area contributed by atoms with Crippen LogP contribution in [0.5, 0.6) is 5.75 Å². The first-order chi connectivity index (χ1) is 14.7. The largest absolute Gasteiger partial charge is 0.573 e. The molecular formula is C21H18F3N3O4. The van der Waals surface area contributed by atoms with Crippen LogP contribution in [-0.2, 0) is 6.42 Å². The highest BCUT2D eigenvalue weighted by Crippen LogP contribution is 2.24. The van der Waals surface area contributed by atoms with Gasteiger partial charge in [0.25, 0.3) is 11.5 Å². The minimum absolute atomic E-state index is 0.148. The van der Waals surface area contributed by atoms with Gasteiger partial charge in [-0.1, -0.05) is 42.5 Å². The molecule has 162 valence electrons. The SMILES string of the molecule is O=C(NC(CO)c1ccc(OC(F)(F)F)cc1)c1cc(=O)[nH]c(Cc2ccccc2)n1. The van der Waals surface area contributed by atoms with Crippen molar-refractivity contribution in [3.63, 3.8) is 0 Å². The molecule has 0 aliphatic heterocycles. The number of hydrogen-bond donors (Lipinski definition) is 3. The number of aliphatic hydroxyl groups excluding tert-OH is 1. The van der Waals surface area contributed by atoms with Crippen LogP contribution in [0.25, 0.3) is 0 Å². The van der Waals surface area contributed by atoms with Crippen LogP contribution in [0, 0.1) is 0 Å². The molecule has 0 saturated heterocycles.